The van der Waals surface area contributed by atoms with Crippen LogP contribution in [0.5, 0.6) is 5.75 Å². The summed E-state index contributed by atoms with van der Waals surface area (Å²) in [5, 5.41) is 1.66. The second kappa shape index (κ2) is 10.5. The van der Waals surface area contributed by atoms with E-state index in [1.54, 1.807) is 36.4 Å². The summed E-state index contributed by atoms with van der Waals surface area (Å²) in [6, 6.07) is 13.6. The first-order chi connectivity index (χ1) is 16.0. The van der Waals surface area contributed by atoms with Crippen molar-refractivity contribution in [2.24, 2.45) is 0 Å². The van der Waals surface area contributed by atoms with E-state index in [1.807, 2.05) is 0 Å². The zero-order valence-electron chi connectivity index (χ0n) is 17.8. The second-order valence-corrected chi connectivity index (χ2v) is 10.0. The van der Waals surface area contributed by atoms with Crippen LogP contribution in [0.4, 0.5) is 18.9 Å². The van der Waals surface area contributed by atoms with Crippen LogP contribution in [0.1, 0.15) is 18.5 Å². The van der Waals surface area contributed by atoms with Gasteiger partial charge in [0, 0.05) is 22.1 Å². The number of anilines is 1. The molecule has 34 heavy (non-hydrogen) atoms. The minimum Gasteiger partial charge on any atom is -0.496 e. The fourth-order valence-electron chi connectivity index (χ4n) is 2.97. The summed E-state index contributed by atoms with van der Waals surface area (Å²) in [6.45, 7) is 0. The molecule has 0 fully saturated rings. The topological polar surface area (TPSA) is 98.2 Å². The van der Waals surface area contributed by atoms with Crippen LogP contribution in [-0.4, -0.2) is 37.2 Å². The first kappa shape index (κ1) is 25.6. The molecule has 0 bridgehead atoms. The summed E-state index contributed by atoms with van der Waals surface area (Å²) in [5.74, 6) is -0.813. The zero-order valence-corrected chi connectivity index (χ0v) is 20.2. The molecular weight excluding hydrogens is 539 g/mol. The highest BCUT2D eigenvalue weighted by molar-refractivity contribution is 9.10. The molecule has 1 aromatic heterocycles. The average molecular weight is 558 g/mol. The first-order valence-electron chi connectivity index (χ1n) is 9.87. The van der Waals surface area contributed by atoms with Gasteiger partial charge in [-0.15, -0.1) is 0 Å². The van der Waals surface area contributed by atoms with Gasteiger partial charge in [-0.05, 0) is 48.9 Å². The van der Waals surface area contributed by atoms with E-state index >= 15 is 0 Å². The third-order valence-corrected chi connectivity index (χ3v) is 6.70. The molecule has 0 atom stereocenters. The van der Waals surface area contributed by atoms with E-state index in [4.69, 9.17) is 4.74 Å². The number of para-hydroxylation sites is 1. The lowest BCUT2D eigenvalue weighted by molar-refractivity contribution is -0.141. The van der Waals surface area contributed by atoms with E-state index in [0.29, 0.717) is 11.8 Å². The fraction of sp³-hybridized carbons (Fsp3) is 0.227. The molecule has 0 unspecified atom stereocenters. The van der Waals surface area contributed by atoms with Gasteiger partial charge < -0.3 is 10.1 Å². The normalized spacial score (nSPS) is 11.8. The highest BCUT2D eigenvalue weighted by Gasteiger charge is 2.35. The lowest BCUT2D eigenvalue weighted by atomic mass is 10.1. The number of methoxy groups -OCH3 is 1. The molecule has 0 radical (unpaired) electrons. The summed E-state index contributed by atoms with van der Waals surface area (Å²) in [6.07, 6.45) is -5.18. The molecule has 0 saturated carbocycles. The van der Waals surface area contributed by atoms with Gasteiger partial charge in [-0.1, -0.05) is 28.1 Å². The van der Waals surface area contributed by atoms with Crippen LogP contribution in [0, 0.1) is 0 Å². The summed E-state index contributed by atoms with van der Waals surface area (Å²) >= 11 is 3.27. The fourth-order valence-corrected chi connectivity index (χ4v) is 4.42. The number of halogens is 4. The molecule has 7 nitrogen and oxygen atoms in total. The quantitative estimate of drug-likeness (QED) is 0.386. The van der Waals surface area contributed by atoms with Crippen molar-refractivity contribution in [3.05, 3.63) is 64.8 Å². The Bertz CT molecular complexity index is 1280. The number of sulfone groups is 1. The Balaban J connectivity index is 1.81. The van der Waals surface area contributed by atoms with Crippen LogP contribution < -0.4 is 10.1 Å². The molecule has 0 aliphatic carbocycles. The standard InChI is InChI=1S/C22H19BrF3N3O4S/c1-33-18-6-3-2-5-16(18)17-13-19(22(24,25)26)29-21(28-17)34(31,32)12-4-7-20(30)27-15-10-8-14(23)9-11-15/h2-3,5-6,8-11,13H,4,7,12H2,1H3,(H,27,30). The van der Waals surface area contributed by atoms with Crippen LogP contribution in [-0.2, 0) is 20.8 Å². The van der Waals surface area contributed by atoms with E-state index < -0.39 is 38.5 Å². The van der Waals surface area contributed by atoms with Gasteiger partial charge in [0.2, 0.25) is 20.9 Å². The van der Waals surface area contributed by atoms with Crippen molar-refractivity contribution in [1.82, 2.24) is 9.97 Å². The molecule has 3 aromatic rings. The van der Waals surface area contributed by atoms with Gasteiger partial charge in [-0.2, -0.15) is 13.2 Å². The predicted octanol–water partition coefficient (Wildman–Crippen LogP) is 5.13. The van der Waals surface area contributed by atoms with Gasteiger partial charge >= 0.3 is 6.18 Å². The molecule has 0 aliphatic heterocycles. The Hall–Kier alpha value is -2.99. The number of carbonyl (C=O) groups is 1. The Morgan fingerprint density at radius 3 is 2.41 bits per heavy atom. The molecule has 1 N–H and O–H groups in total. The number of nitrogens with one attached hydrogen (secondary N) is 1. The van der Waals surface area contributed by atoms with Gasteiger partial charge in [0.25, 0.3) is 0 Å². The van der Waals surface area contributed by atoms with E-state index in [0.717, 1.165) is 4.47 Å². The monoisotopic (exact) mass is 557 g/mol. The Morgan fingerprint density at radius 1 is 1.09 bits per heavy atom. The summed E-state index contributed by atoms with van der Waals surface area (Å²) in [7, 11) is -2.98. The minimum absolute atomic E-state index is 0.131. The summed E-state index contributed by atoms with van der Waals surface area (Å²) in [5.41, 5.74) is -0.928. The number of aromatic nitrogens is 2. The van der Waals surface area contributed by atoms with Gasteiger partial charge in [0.1, 0.15) is 11.4 Å². The molecule has 1 heterocycles. The van der Waals surface area contributed by atoms with Crippen molar-refractivity contribution in [3.8, 4) is 17.0 Å². The number of carbonyl (C=O) groups excluding carboxylic acids is 1. The molecule has 0 saturated heterocycles. The number of rotatable bonds is 8. The maximum Gasteiger partial charge on any atom is 0.433 e. The predicted molar refractivity (Wildman–Crippen MR) is 123 cm³/mol. The lowest BCUT2D eigenvalue weighted by Crippen LogP contribution is -2.18. The number of hydrogen-bond donors (Lipinski definition) is 1. The van der Waals surface area contributed by atoms with E-state index in [-0.39, 0.29) is 29.8 Å². The molecule has 12 heteroatoms. The van der Waals surface area contributed by atoms with Crippen molar-refractivity contribution in [1.29, 1.82) is 0 Å². The molecule has 2 aromatic carbocycles. The van der Waals surface area contributed by atoms with Crippen LogP contribution in [0.15, 0.2) is 64.2 Å². The molecule has 0 spiro atoms. The smallest absolute Gasteiger partial charge is 0.433 e. The Labute approximate surface area is 202 Å². The first-order valence-corrected chi connectivity index (χ1v) is 12.3. The van der Waals surface area contributed by atoms with Crippen LogP contribution in [0.2, 0.25) is 0 Å². The maximum absolute atomic E-state index is 13.5. The van der Waals surface area contributed by atoms with Crippen LogP contribution in [0.25, 0.3) is 11.3 Å². The number of benzene rings is 2. The second-order valence-electron chi connectivity index (χ2n) is 7.10. The number of ether oxygens (including phenoxy) is 1. The third kappa shape index (κ3) is 6.54. The summed E-state index contributed by atoms with van der Waals surface area (Å²) in [4.78, 5) is 19.3. The lowest BCUT2D eigenvalue weighted by Gasteiger charge is -2.13. The number of amides is 1. The minimum atomic E-state index is -4.89. The van der Waals surface area contributed by atoms with Gasteiger partial charge in [0.15, 0.2) is 0 Å². The van der Waals surface area contributed by atoms with E-state index in [1.165, 1.54) is 19.2 Å². The van der Waals surface area contributed by atoms with Crippen LogP contribution >= 0.6 is 15.9 Å². The highest BCUT2D eigenvalue weighted by atomic mass is 79.9. The van der Waals surface area contributed by atoms with Crippen molar-refractivity contribution >= 4 is 37.4 Å². The van der Waals surface area contributed by atoms with Crippen molar-refractivity contribution in [3.63, 3.8) is 0 Å². The largest absolute Gasteiger partial charge is 0.496 e. The van der Waals surface area contributed by atoms with Crippen molar-refractivity contribution < 1.29 is 31.1 Å². The summed E-state index contributed by atoms with van der Waals surface area (Å²) < 4.78 is 71.9. The number of hydrogen-bond acceptors (Lipinski definition) is 6. The average Bonchev–Trinajstić information content (AvgIpc) is 2.79. The third-order valence-electron chi connectivity index (χ3n) is 4.60. The Morgan fingerprint density at radius 2 is 1.76 bits per heavy atom. The van der Waals surface area contributed by atoms with Gasteiger partial charge in [-0.3, -0.25) is 4.79 Å². The highest BCUT2D eigenvalue weighted by Crippen LogP contribution is 2.34. The Kier molecular flexibility index (Phi) is 7.93. The number of nitrogens with zero attached hydrogens (tertiary/aromatic N) is 2. The zero-order chi connectivity index (χ0) is 24.9. The SMILES string of the molecule is COc1ccccc1-c1cc(C(F)(F)F)nc(S(=O)(=O)CCCC(=O)Nc2ccc(Br)cc2)n1. The van der Waals surface area contributed by atoms with Crippen LogP contribution in [0.3, 0.4) is 0 Å². The molecule has 180 valence electrons. The van der Waals surface area contributed by atoms with Crippen molar-refractivity contribution in [2.75, 3.05) is 18.2 Å². The maximum atomic E-state index is 13.5. The van der Waals surface area contributed by atoms with Gasteiger partial charge in [0.05, 0.1) is 18.6 Å². The molecule has 3 rings (SSSR count). The van der Waals surface area contributed by atoms with E-state index in [2.05, 4.69) is 31.2 Å². The van der Waals surface area contributed by atoms with Crippen molar-refractivity contribution in [2.45, 2.75) is 24.2 Å². The molecule has 0 aliphatic rings. The molecule has 1 amide bonds. The van der Waals surface area contributed by atoms with Gasteiger partial charge in [-0.25, -0.2) is 18.4 Å². The number of alkyl halides is 3. The van der Waals surface area contributed by atoms with E-state index in [9.17, 15) is 26.4 Å². The molecular formula is C22H19BrF3N3O4S.